The molecule has 1 aliphatic heterocycles. The number of benzene rings is 1. The molecule has 1 aromatic carbocycles. The molecule has 0 spiro atoms. The quantitative estimate of drug-likeness (QED) is 0.594. The van der Waals surface area contributed by atoms with Crippen molar-refractivity contribution in [3.63, 3.8) is 0 Å². The van der Waals surface area contributed by atoms with Crippen LogP contribution in [0.15, 0.2) is 36.4 Å². The van der Waals surface area contributed by atoms with Gasteiger partial charge in [0.15, 0.2) is 0 Å². The molecule has 2 unspecified atom stereocenters. The second-order valence-corrected chi connectivity index (χ2v) is 3.43. The number of hydrogen-bond acceptors (Lipinski definition) is 1. The summed E-state index contributed by atoms with van der Waals surface area (Å²) in [6.45, 7) is 4.23. The molecule has 0 bridgehead atoms. The average molecular weight is 174 g/mol. The van der Waals surface area contributed by atoms with E-state index >= 15 is 0 Å². The van der Waals surface area contributed by atoms with Gasteiger partial charge in [0.05, 0.1) is 0 Å². The summed E-state index contributed by atoms with van der Waals surface area (Å²) in [5, 5.41) is 0. The largest absolute Gasteiger partial charge is 0.485 e. The second-order valence-electron chi connectivity index (χ2n) is 3.43. The fraction of sp³-hybridized carbons (Fsp3) is 0.333. The van der Waals surface area contributed by atoms with E-state index in [9.17, 15) is 0 Å². The molecule has 0 fully saturated rings. The van der Waals surface area contributed by atoms with Gasteiger partial charge in [-0.05, 0) is 19.1 Å². The van der Waals surface area contributed by atoms with Crippen molar-refractivity contribution in [1.29, 1.82) is 0 Å². The fourth-order valence-corrected chi connectivity index (χ4v) is 1.79. The summed E-state index contributed by atoms with van der Waals surface area (Å²) in [6.07, 6.45) is 4.39. The van der Waals surface area contributed by atoms with Crippen LogP contribution in [0.5, 0.6) is 5.75 Å². The van der Waals surface area contributed by atoms with Crippen LogP contribution in [0.2, 0.25) is 0 Å². The molecule has 0 saturated heterocycles. The first kappa shape index (κ1) is 8.36. The highest BCUT2D eigenvalue weighted by Gasteiger charge is 2.27. The van der Waals surface area contributed by atoms with Crippen LogP contribution < -0.4 is 4.74 Å². The SMILES string of the molecule is C/C=C\C1Oc2ccccc2C1C. The minimum absolute atomic E-state index is 0.224. The number of rotatable bonds is 1. The van der Waals surface area contributed by atoms with Crippen LogP contribution in [0.3, 0.4) is 0 Å². The van der Waals surface area contributed by atoms with Crippen LogP contribution in [0, 0.1) is 0 Å². The predicted molar refractivity (Wildman–Crippen MR) is 54.1 cm³/mol. The highest BCUT2D eigenvalue weighted by molar-refractivity contribution is 5.41. The first-order valence-electron chi connectivity index (χ1n) is 4.71. The Labute approximate surface area is 79.0 Å². The molecule has 1 aliphatic rings. The van der Waals surface area contributed by atoms with Crippen molar-refractivity contribution in [2.24, 2.45) is 0 Å². The lowest BCUT2D eigenvalue weighted by atomic mass is 9.97. The molecule has 13 heavy (non-hydrogen) atoms. The van der Waals surface area contributed by atoms with Crippen molar-refractivity contribution in [1.82, 2.24) is 0 Å². The van der Waals surface area contributed by atoms with E-state index in [-0.39, 0.29) is 6.10 Å². The Balaban J connectivity index is 2.32. The molecular formula is C12H14O. The van der Waals surface area contributed by atoms with E-state index in [1.54, 1.807) is 0 Å². The van der Waals surface area contributed by atoms with Crippen molar-refractivity contribution in [2.45, 2.75) is 25.9 Å². The molecule has 0 radical (unpaired) electrons. The van der Waals surface area contributed by atoms with Gasteiger partial charge >= 0.3 is 0 Å². The summed E-state index contributed by atoms with van der Waals surface area (Å²) >= 11 is 0. The normalized spacial score (nSPS) is 26.0. The van der Waals surface area contributed by atoms with Crippen LogP contribution in [-0.2, 0) is 0 Å². The van der Waals surface area contributed by atoms with Crippen molar-refractivity contribution >= 4 is 0 Å². The van der Waals surface area contributed by atoms with Crippen LogP contribution in [0.4, 0.5) is 0 Å². The van der Waals surface area contributed by atoms with Gasteiger partial charge < -0.3 is 4.74 Å². The van der Waals surface area contributed by atoms with Gasteiger partial charge in [0.2, 0.25) is 0 Å². The third-order valence-corrected chi connectivity index (χ3v) is 2.55. The zero-order valence-corrected chi connectivity index (χ0v) is 8.03. The fourth-order valence-electron chi connectivity index (χ4n) is 1.79. The van der Waals surface area contributed by atoms with Gasteiger partial charge in [-0.15, -0.1) is 0 Å². The number of para-hydroxylation sites is 1. The van der Waals surface area contributed by atoms with Gasteiger partial charge in [0, 0.05) is 11.5 Å². The lowest BCUT2D eigenvalue weighted by Crippen LogP contribution is -2.12. The molecule has 1 heterocycles. The molecule has 0 aromatic heterocycles. The van der Waals surface area contributed by atoms with Crippen LogP contribution in [-0.4, -0.2) is 6.10 Å². The topological polar surface area (TPSA) is 9.23 Å². The molecule has 2 rings (SSSR count). The standard InChI is InChI=1S/C12H14O/c1-3-6-11-9(2)10-7-4-5-8-12(10)13-11/h3-9,11H,1-2H3/b6-3-. The minimum atomic E-state index is 0.224. The van der Waals surface area contributed by atoms with E-state index in [1.807, 2.05) is 25.1 Å². The summed E-state index contributed by atoms with van der Waals surface area (Å²) in [7, 11) is 0. The van der Waals surface area contributed by atoms with E-state index in [4.69, 9.17) is 4.74 Å². The lowest BCUT2D eigenvalue weighted by Gasteiger charge is -2.09. The van der Waals surface area contributed by atoms with Gasteiger partial charge in [-0.25, -0.2) is 0 Å². The summed E-state index contributed by atoms with van der Waals surface area (Å²) < 4.78 is 5.77. The van der Waals surface area contributed by atoms with Gasteiger partial charge in [-0.3, -0.25) is 0 Å². The Morgan fingerprint density at radius 3 is 2.77 bits per heavy atom. The molecule has 1 nitrogen and oxygen atoms in total. The highest BCUT2D eigenvalue weighted by Crippen LogP contribution is 2.37. The monoisotopic (exact) mass is 174 g/mol. The molecule has 0 amide bonds. The number of fused-ring (bicyclic) bond motifs is 1. The Morgan fingerprint density at radius 2 is 2.08 bits per heavy atom. The Hall–Kier alpha value is -1.24. The van der Waals surface area contributed by atoms with Crippen LogP contribution in [0.25, 0.3) is 0 Å². The summed E-state index contributed by atoms with van der Waals surface area (Å²) in [5.41, 5.74) is 1.32. The smallest absolute Gasteiger partial charge is 0.124 e. The van der Waals surface area contributed by atoms with Crippen molar-refractivity contribution < 1.29 is 4.74 Å². The predicted octanol–water partition coefficient (Wildman–Crippen LogP) is 3.13. The highest BCUT2D eigenvalue weighted by atomic mass is 16.5. The molecule has 0 aliphatic carbocycles. The zero-order chi connectivity index (χ0) is 9.26. The van der Waals surface area contributed by atoms with Gasteiger partial charge in [0.1, 0.15) is 11.9 Å². The van der Waals surface area contributed by atoms with Crippen LogP contribution in [0.1, 0.15) is 25.3 Å². The van der Waals surface area contributed by atoms with E-state index in [0.717, 1.165) is 5.75 Å². The Bertz CT molecular complexity index is 328. The summed E-state index contributed by atoms with van der Waals surface area (Å²) in [5.74, 6) is 1.52. The van der Waals surface area contributed by atoms with Crippen molar-refractivity contribution in [2.75, 3.05) is 0 Å². The van der Waals surface area contributed by atoms with E-state index in [1.165, 1.54) is 5.56 Å². The first-order valence-corrected chi connectivity index (χ1v) is 4.71. The van der Waals surface area contributed by atoms with Gasteiger partial charge in [0.25, 0.3) is 0 Å². The number of ether oxygens (including phenoxy) is 1. The van der Waals surface area contributed by atoms with E-state index in [0.29, 0.717) is 5.92 Å². The third kappa shape index (κ3) is 1.35. The zero-order valence-electron chi connectivity index (χ0n) is 8.03. The van der Waals surface area contributed by atoms with Gasteiger partial charge in [-0.2, -0.15) is 0 Å². The molecule has 1 heteroatoms. The molecule has 0 saturated carbocycles. The Morgan fingerprint density at radius 1 is 1.31 bits per heavy atom. The maximum atomic E-state index is 5.77. The molecule has 68 valence electrons. The summed E-state index contributed by atoms with van der Waals surface area (Å²) in [6, 6.07) is 8.26. The number of hydrogen-bond donors (Lipinski definition) is 0. The van der Waals surface area contributed by atoms with Crippen LogP contribution >= 0.6 is 0 Å². The average Bonchev–Trinajstić information content (AvgIpc) is 2.46. The summed E-state index contributed by atoms with van der Waals surface area (Å²) in [4.78, 5) is 0. The molecule has 2 atom stereocenters. The van der Waals surface area contributed by atoms with E-state index in [2.05, 4.69) is 25.1 Å². The second kappa shape index (κ2) is 3.25. The third-order valence-electron chi connectivity index (χ3n) is 2.55. The van der Waals surface area contributed by atoms with Crippen molar-refractivity contribution in [3.8, 4) is 5.75 Å². The van der Waals surface area contributed by atoms with Gasteiger partial charge in [-0.1, -0.05) is 31.2 Å². The number of allylic oxidation sites excluding steroid dienone is 1. The molecule has 1 aromatic rings. The van der Waals surface area contributed by atoms with E-state index < -0.39 is 0 Å². The van der Waals surface area contributed by atoms with Crippen molar-refractivity contribution in [3.05, 3.63) is 42.0 Å². The molecular weight excluding hydrogens is 160 g/mol. The molecule has 0 N–H and O–H groups in total. The lowest BCUT2D eigenvalue weighted by molar-refractivity contribution is 0.261. The maximum Gasteiger partial charge on any atom is 0.124 e. The maximum absolute atomic E-state index is 5.77. The first-order chi connectivity index (χ1) is 6.33. The Kier molecular flexibility index (Phi) is 2.09. The minimum Gasteiger partial charge on any atom is -0.485 e.